The maximum absolute atomic E-state index is 12.5. The zero-order valence-corrected chi connectivity index (χ0v) is 14.1. The van der Waals surface area contributed by atoms with Crippen LogP contribution >= 0.6 is 0 Å². The van der Waals surface area contributed by atoms with Crippen LogP contribution in [0.25, 0.3) is 0 Å². The van der Waals surface area contributed by atoms with E-state index < -0.39 is 5.41 Å². The number of carbonyl (C=O) groups excluding carboxylic acids is 1. The Balaban J connectivity index is 2.49. The van der Waals surface area contributed by atoms with Gasteiger partial charge in [-0.1, -0.05) is 26.8 Å². The van der Waals surface area contributed by atoms with Crippen LogP contribution in [0.15, 0.2) is 24.5 Å². The molecule has 2 aromatic rings. The third kappa shape index (κ3) is 3.18. The highest BCUT2D eigenvalue weighted by molar-refractivity contribution is 5.82. The summed E-state index contributed by atoms with van der Waals surface area (Å²) in [5.41, 5.74) is 3.50. The largest absolute Gasteiger partial charge is 0.345 e. The predicted molar refractivity (Wildman–Crippen MR) is 86.4 cm³/mol. The highest BCUT2D eigenvalue weighted by Gasteiger charge is 2.28. The summed E-state index contributed by atoms with van der Waals surface area (Å²) < 4.78 is 1.84. The molecule has 1 unspecified atom stereocenters. The van der Waals surface area contributed by atoms with Crippen LogP contribution in [0.4, 0.5) is 0 Å². The molecule has 1 amide bonds. The molecule has 0 aliphatic rings. The van der Waals surface area contributed by atoms with Crippen molar-refractivity contribution < 1.29 is 4.79 Å². The monoisotopic (exact) mass is 300 g/mol. The number of hydrogen-bond donors (Lipinski definition) is 1. The van der Waals surface area contributed by atoms with Gasteiger partial charge in [0.25, 0.3) is 0 Å². The average Bonchev–Trinajstić information content (AvgIpc) is 2.70. The number of pyridine rings is 1. The van der Waals surface area contributed by atoms with Gasteiger partial charge in [0, 0.05) is 36.1 Å². The van der Waals surface area contributed by atoms with Gasteiger partial charge in [-0.05, 0) is 25.5 Å². The molecule has 0 aliphatic carbocycles. The van der Waals surface area contributed by atoms with E-state index in [1.54, 1.807) is 12.4 Å². The molecule has 2 rings (SSSR count). The lowest BCUT2D eigenvalue weighted by Gasteiger charge is -2.25. The number of aromatic nitrogens is 3. The maximum Gasteiger partial charge on any atom is 0.226 e. The van der Waals surface area contributed by atoms with Crippen molar-refractivity contribution in [2.45, 2.75) is 40.7 Å². The lowest BCUT2D eigenvalue weighted by Crippen LogP contribution is -2.38. The van der Waals surface area contributed by atoms with E-state index in [2.05, 4.69) is 15.4 Å². The smallest absolute Gasteiger partial charge is 0.226 e. The number of aryl methyl sites for hydroxylation is 2. The topological polar surface area (TPSA) is 59.8 Å². The van der Waals surface area contributed by atoms with Gasteiger partial charge in [0.1, 0.15) is 0 Å². The summed E-state index contributed by atoms with van der Waals surface area (Å²) in [5.74, 6) is 0.00371. The number of nitrogens with zero attached hydrogens (tertiary/aromatic N) is 3. The van der Waals surface area contributed by atoms with E-state index >= 15 is 0 Å². The Morgan fingerprint density at radius 3 is 2.45 bits per heavy atom. The molecule has 0 aliphatic heterocycles. The minimum absolute atomic E-state index is 0.00371. The van der Waals surface area contributed by atoms with Gasteiger partial charge in [-0.2, -0.15) is 5.10 Å². The predicted octanol–water partition coefficient (Wildman–Crippen LogP) is 2.68. The fourth-order valence-corrected chi connectivity index (χ4v) is 2.42. The van der Waals surface area contributed by atoms with Gasteiger partial charge >= 0.3 is 0 Å². The third-order valence-corrected chi connectivity index (χ3v) is 3.83. The number of carbonyl (C=O) groups is 1. The summed E-state index contributed by atoms with van der Waals surface area (Å²) >= 11 is 0. The number of hydrogen-bond acceptors (Lipinski definition) is 3. The molecule has 2 aromatic heterocycles. The zero-order valence-electron chi connectivity index (χ0n) is 14.1. The first-order valence-electron chi connectivity index (χ1n) is 7.42. The normalized spacial score (nSPS) is 13.0. The van der Waals surface area contributed by atoms with E-state index in [1.165, 1.54) is 0 Å². The van der Waals surface area contributed by atoms with Crippen molar-refractivity contribution in [2.24, 2.45) is 12.5 Å². The van der Waals surface area contributed by atoms with Crippen molar-refractivity contribution in [3.8, 4) is 0 Å². The van der Waals surface area contributed by atoms with Crippen LogP contribution in [0.5, 0.6) is 0 Å². The Morgan fingerprint density at radius 1 is 1.32 bits per heavy atom. The summed E-state index contributed by atoms with van der Waals surface area (Å²) in [6, 6.07) is 3.62. The summed E-state index contributed by atoms with van der Waals surface area (Å²) in [4.78, 5) is 16.7. The molecule has 1 N–H and O–H groups in total. The van der Waals surface area contributed by atoms with Crippen LogP contribution in [-0.2, 0) is 11.8 Å². The lowest BCUT2D eigenvalue weighted by atomic mass is 9.92. The Morgan fingerprint density at radius 2 is 2.00 bits per heavy atom. The summed E-state index contributed by atoms with van der Waals surface area (Å²) in [7, 11) is 1.91. The van der Waals surface area contributed by atoms with Crippen molar-refractivity contribution in [1.82, 2.24) is 20.1 Å². The average molecular weight is 300 g/mol. The molecule has 0 spiro atoms. The van der Waals surface area contributed by atoms with Gasteiger partial charge in [-0.25, -0.2) is 0 Å². The first-order valence-corrected chi connectivity index (χ1v) is 7.42. The lowest BCUT2D eigenvalue weighted by molar-refractivity contribution is -0.129. The van der Waals surface area contributed by atoms with E-state index in [9.17, 15) is 4.79 Å². The molecular formula is C17H24N4O. The molecule has 0 saturated carbocycles. The van der Waals surface area contributed by atoms with E-state index in [1.807, 2.05) is 58.5 Å². The van der Waals surface area contributed by atoms with Crippen LogP contribution in [0.1, 0.15) is 49.3 Å². The van der Waals surface area contributed by atoms with E-state index in [0.717, 1.165) is 22.5 Å². The molecule has 0 bridgehead atoms. The van der Waals surface area contributed by atoms with Gasteiger partial charge in [0.2, 0.25) is 5.91 Å². The van der Waals surface area contributed by atoms with Crippen molar-refractivity contribution in [3.63, 3.8) is 0 Å². The number of rotatable bonds is 3. The quantitative estimate of drug-likeness (QED) is 0.948. The second-order valence-corrected chi connectivity index (χ2v) is 6.65. The van der Waals surface area contributed by atoms with Crippen LogP contribution in [0, 0.1) is 19.3 Å². The maximum atomic E-state index is 12.5. The summed E-state index contributed by atoms with van der Waals surface area (Å²) in [5, 5.41) is 7.62. The molecule has 118 valence electrons. The Labute approximate surface area is 131 Å². The third-order valence-electron chi connectivity index (χ3n) is 3.83. The van der Waals surface area contributed by atoms with E-state index in [0.29, 0.717) is 0 Å². The highest BCUT2D eigenvalue weighted by atomic mass is 16.2. The first-order chi connectivity index (χ1) is 10.2. The van der Waals surface area contributed by atoms with Gasteiger partial charge in [0.15, 0.2) is 0 Å². The summed E-state index contributed by atoms with van der Waals surface area (Å²) in [6.07, 6.45) is 3.52. The van der Waals surface area contributed by atoms with Crippen LogP contribution in [0.3, 0.4) is 0 Å². The molecule has 0 fully saturated rings. The SMILES string of the molecule is Cc1nn(C)c(C)c1C(NC(=O)C(C)(C)C)c1cccnc1. The molecule has 5 nitrogen and oxygen atoms in total. The molecule has 0 radical (unpaired) electrons. The fraction of sp³-hybridized carbons (Fsp3) is 0.471. The standard InChI is InChI=1S/C17H24N4O/c1-11-14(12(2)21(6)20-11)15(13-8-7-9-18-10-13)19-16(22)17(3,4)5/h7-10,15H,1-6H3,(H,19,22). The highest BCUT2D eigenvalue weighted by Crippen LogP contribution is 2.28. The van der Waals surface area contributed by atoms with Crippen LogP contribution < -0.4 is 5.32 Å². The van der Waals surface area contributed by atoms with Crippen molar-refractivity contribution in [2.75, 3.05) is 0 Å². The van der Waals surface area contributed by atoms with Gasteiger partial charge < -0.3 is 5.32 Å². The minimum Gasteiger partial charge on any atom is -0.345 e. The van der Waals surface area contributed by atoms with Crippen molar-refractivity contribution in [3.05, 3.63) is 47.0 Å². The Kier molecular flexibility index (Phi) is 4.35. The van der Waals surface area contributed by atoms with Gasteiger partial charge in [0.05, 0.1) is 11.7 Å². The Bertz CT molecular complexity index is 668. The molecular weight excluding hydrogens is 276 g/mol. The van der Waals surface area contributed by atoms with Gasteiger partial charge in [-0.15, -0.1) is 0 Å². The molecule has 2 heterocycles. The van der Waals surface area contributed by atoms with Crippen LogP contribution in [-0.4, -0.2) is 20.7 Å². The molecule has 5 heteroatoms. The van der Waals surface area contributed by atoms with Crippen molar-refractivity contribution >= 4 is 5.91 Å². The Hall–Kier alpha value is -2.17. The molecule has 0 aromatic carbocycles. The molecule has 0 saturated heterocycles. The number of nitrogens with one attached hydrogen (secondary N) is 1. The van der Waals surface area contributed by atoms with Gasteiger partial charge in [-0.3, -0.25) is 14.5 Å². The first kappa shape index (κ1) is 16.2. The van der Waals surface area contributed by atoms with E-state index in [-0.39, 0.29) is 11.9 Å². The fourth-order valence-electron chi connectivity index (χ4n) is 2.42. The molecule has 22 heavy (non-hydrogen) atoms. The minimum atomic E-state index is -0.454. The summed E-state index contributed by atoms with van der Waals surface area (Å²) in [6.45, 7) is 9.71. The second-order valence-electron chi connectivity index (χ2n) is 6.65. The van der Waals surface area contributed by atoms with Crippen LogP contribution in [0.2, 0.25) is 0 Å². The molecule has 1 atom stereocenters. The zero-order chi connectivity index (χ0) is 16.5. The second kappa shape index (κ2) is 5.91. The number of amides is 1. The van der Waals surface area contributed by atoms with Crippen molar-refractivity contribution in [1.29, 1.82) is 0 Å². The van der Waals surface area contributed by atoms with E-state index in [4.69, 9.17) is 0 Å².